The molecular formula is C69H91N3O6. The molecule has 7 aromatic carbocycles. The fraction of sp³-hybridized carbons (Fsp3) is 0.333. The highest BCUT2D eigenvalue weighted by molar-refractivity contribution is 5.80. The zero-order chi connectivity index (χ0) is 57.6. The number of nitrogens with zero attached hydrogens (tertiary/aromatic N) is 3. The molecule has 0 spiro atoms. The van der Waals surface area contributed by atoms with Crippen LogP contribution in [-0.2, 0) is 43.4 Å². The smallest absolute Gasteiger partial charge is 0.315 e. The van der Waals surface area contributed by atoms with E-state index < -0.39 is 0 Å². The zero-order valence-electron chi connectivity index (χ0n) is 49.6. The number of ether oxygens (including phenoxy) is 3. The van der Waals surface area contributed by atoms with Crippen LogP contribution in [0.3, 0.4) is 0 Å². The van der Waals surface area contributed by atoms with Crippen molar-refractivity contribution >= 4 is 33.7 Å². The van der Waals surface area contributed by atoms with Gasteiger partial charge in [0.1, 0.15) is 28.3 Å². The zero-order valence-corrected chi connectivity index (χ0v) is 49.6. The monoisotopic (exact) mass is 1060 g/mol. The molecule has 9 nitrogen and oxygen atoms in total. The van der Waals surface area contributed by atoms with Crippen LogP contribution in [0.4, 0.5) is 5.69 Å². The summed E-state index contributed by atoms with van der Waals surface area (Å²) in [6.45, 7) is 30.5. The van der Waals surface area contributed by atoms with Crippen LogP contribution in [-0.4, -0.2) is 24.2 Å². The van der Waals surface area contributed by atoms with Crippen LogP contribution in [0, 0.1) is 0 Å². The number of hydrogen-bond acceptors (Lipinski definition) is 9. The van der Waals surface area contributed by atoms with Crippen LogP contribution in [0.2, 0.25) is 0 Å². The number of benzene rings is 7. The Labute approximate surface area is 469 Å². The third-order valence-corrected chi connectivity index (χ3v) is 10.8. The highest BCUT2D eigenvalue weighted by atomic mass is 16.5. The Bertz CT molecular complexity index is 2570. The van der Waals surface area contributed by atoms with E-state index in [0.29, 0.717) is 12.2 Å². The highest BCUT2D eigenvalue weighted by Gasteiger charge is 2.18. The molecule has 0 unspecified atom stereocenters. The predicted octanol–water partition coefficient (Wildman–Crippen LogP) is 20.3. The average Bonchev–Trinajstić information content (AvgIpc) is 4.41. The standard InChI is InChI=1S/C9H10.C8H6O2.2C8H8O.C8H6O.C7H6N2.C7H5NO.7C2H6/c1-2-5-9-7-3-6-8(9)4-1;9-8-5-6-3-1-2-4-7(6)10-8;3*1-2-4-8-7(3-1)5-6-9-8;1-2-4-7-6(3-1)5-8-9-7;1-2-4-7-6(3-1)8-5-9-7;7*1-2/h1-2,4-5H,3,6-7H2;1-4H,5H2;2*1-4H,5-6H2;1-6H;1-4H,5H2;1-5H;7*1-2H3. The summed E-state index contributed by atoms with van der Waals surface area (Å²) in [5.74, 6) is 2.70. The van der Waals surface area contributed by atoms with Crippen LogP contribution >= 0.6 is 0 Å². The molecule has 0 N–H and O–H groups in total. The van der Waals surface area contributed by atoms with Gasteiger partial charge >= 0.3 is 5.97 Å². The van der Waals surface area contributed by atoms with Gasteiger partial charge in [-0.2, -0.15) is 10.2 Å². The minimum Gasteiger partial charge on any atom is -0.493 e. The highest BCUT2D eigenvalue weighted by Crippen LogP contribution is 2.27. The molecule has 0 amide bonds. The van der Waals surface area contributed by atoms with Gasteiger partial charge in [-0.1, -0.05) is 224 Å². The molecule has 5 aliphatic rings. The Morgan fingerprint density at radius 2 is 0.846 bits per heavy atom. The van der Waals surface area contributed by atoms with E-state index in [1.807, 2.05) is 224 Å². The van der Waals surface area contributed by atoms with Gasteiger partial charge in [0.2, 0.25) is 0 Å². The Morgan fingerprint density at radius 1 is 0.397 bits per heavy atom. The van der Waals surface area contributed by atoms with Gasteiger partial charge in [0.15, 0.2) is 12.0 Å². The molecule has 4 aliphatic heterocycles. The molecule has 0 saturated heterocycles. The third-order valence-electron chi connectivity index (χ3n) is 10.8. The van der Waals surface area contributed by atoms with Crippen molar-refractivity contribution in [1.29, 1.82) is 0 Å². The van der Waals surface area contributed by atoms with Crippen molar-refractivity contribution in [1.82, 2.24) is 4.98 Å². The molecule has 418 valence electrons. The minimum atomic E-state index is -0.152. The molecule has 2 aromatic heterocycles. The van der Waals surface area contributed by atoms with E-state index in [1.165, 1.54) is 42.3 Å². The number of fused-ring (bicyclic) bond motifs is 7. The van der Waals surface area contributed by atoms with E-state index >= 15 is 0 Å². The lowest BCUT2D eigenvalue weighted by Gasteiger charge is -1.93. The first kappa shape index (κ1) is 68.2. The van der Waals surface area contributed by atoms with E-state index in [2.05, 4.69) is 57.7 Å². The number of furan rings is 1. The third kappa shape index (κ3) is 24.0. The molecule has 6 heterocycles. The van der Waals surface area contributed by atoms with Crippen molar-refractivity contribution in [2.45, 2.75) is 142 Å². The van der Waals surface area contributed by atoms with Crippen LogP contribution in [0.1, 0.15) is 137 Å². The Morgan fingerprint density at radius 3 is 1.36 bits per heavy atom. The number of carbonyl (C=O) groups is 1. The van der Waals surface area contributed by atoms with Crippen molar-refractivity contribution in [3.63, 3.8) is 0 Å². The molecule has 0 fully saturated rings. The quantitative estimate of drug-likeness (QED) is 0.110. The summed E-state index contributed by atoms with van der Waals surface area (Å²) in [6.07, 6.45) is 9.70. The maximum absolute atomic E-state index is 10.7. The van der Waals surface area contributed by atoms with Crippen molar-refractivity contribution in [3.05, 3.63) is 222 Å². The lowest BCUT2D eigenvalue weighted by Crippen LogP contribution is -1.99. The predicted molar refractivity (Wildman–Crippen MR) is 330 cm³/mol. The number of azo groups is 1. The molecule has 9 aromatic rings. The van der Waals surface area contributed by atoms with Gasteiger partial charge in [0, 0.05) is 29.4 Å². The number of oxazole rings is 1. The van der Waals surface area contributed by atoms with Gasteiger partial charge < -0.3 is 23.0 Å². The summed E-state index contributed by atoms with van der Waals surface area (Å²) in [6, 6.07) is 58.1. The van der Waals surface area contributed by atoms with E-state index in [1.54, 1.807) is 23.5 Å². The average molecular weight is 1060 g/mol. The summed E-state index contributed by atoms with van der Waals surface area (Å²) >= 11 is 0. The summed E-state index contributed by atoms with van der Waals surface area (Å²) in [5.41, 5.74) is 11.8. The summed E-state index contributed by atoms with van der Waals surface area (Å²) in [5, 5.41) is 8.96. The summed E-state index contributed by atoms with van der Waals surface area (Å²) in [7, 11) is 0. The van der Waals surface area contributed by atoms with Crippen molar-refractivity contribution in [2.75, 3.05) is 13.2 Å². The SMILES string of the molecule is CC.CC.CC.CC.CC.CC.CC.O=C1Cc2ccccc2O1.c1ccc2c(c1)CCC2.c1ccc2c(c1)CCO2.c1ccc2c(c1)CCO2.c1ccc2c(c1)CN=N2.c1ccc2occc2c1.c1ccc2ocnc2c1. The molecular weight excluding hydrogens is 967 g/mol. The second-order valence-corrected chi connectivity index (χ2v) is 15.1. The number of esters is 1. The van der Waals surface area contributed by atoms with Crippen molar-refractivity contribution in [2.24, 2.45) is 10.2 Å². The second kappa shape index (κ2) is 44.4. The van der Waals surface area contributed by atoms with Gasteiger partial charge in [0.25, 0.3) is 0 Å². The minimum absolute atomic E-state index is 0.152. The van der Waals surface area contributed by atoms with E-state index in [0.717, 1.165) is 77.4 Å². The van der Waals surface area contributed by atoms with Gasteiger partial charge in [-0.05, 0) is 90.0 Å². The first-order valence-corrected chi connectivity index (χ1v) is 28.6. The summed E-state index contributed by atoms with van der Waals surface area (Å²) in [4.78, 5) is 14.6. The van der Waals surface area contributed by atoms with Gasteiger partial charge in [-0.25, -0.2) is 4.98 Å². The van der Waals surface area contributed by atoms with Crippen LogP contribution < -0.4 is 14.2 Å². The topological polar surface area (TPSA) is 109 Å². The first-order valence-electron chi connectivity index (χ1n) is 28.6. The lowest BCUT2D eigenvalue weighted by molar-refractivity contribution is -0.131. The summed E-state index contributed by atoms with van der Waals surface area (Å²) < 4.78 is 25.6. The molecule has 0 atom stereocenters. The Kier molecular flexibility index (Phi) is 38.8. The molecule has 14 rings (SSSR count). The molecule has 9 heteroatoms. The van der Waals surface area contributed by atoms with Crippen LogP contribution in [0.15, 0.2) is 208 Å². The fourth-order valence-corrected chi connectivity index (χ4v) is 7.46. The number of aromatic nitrogens is 1. The maximum atomic E-state index is 10.7. The Hall–Kier alpha value is -7.78. The van der Waals surface area contributed by atoms with E-state index in [-0.39, 0.29) is 5.97 Å². The van der Waals surface area contributed by atoms with E-state index in [9.17, 15) is 4.79 Å². The van der Waals surface area contributed by atoms with E-state index in [4.69, 9.17) is 23.0 Å². The maximum Gasteiger partial charge on any atom is 0.315 e. The second-order valence-electron chi connectivity index (χ2n) is 15.1. The number of para-hydroxylation sites is 6. The normalized spacial score (nSPS) is 11.5. The van der Waals surface area contributed by atoms with Gasteiger partial charge in [-0.3, -0.25) is 4.79 Å². The molecule has 0 saturated carbocycles. The molecule has 0 radical (unpaired) electrons. The fourth-order valence-electron chi connectivity index (χ4n) is 7.46. The molecule has 1 aliphatic carbocycles. The van der Waals surface area contributed by atoms with Gasteiger partial charge in [0.05, 0.1) is 38.1 Å². The number of carbonyl (C=O) groups excluding carboxylic acids is 1. The van der Waals surface area contributed by atoms with Crippen molar-refractivity contribution < 1.29 is 27.8 Å². The molecule has 0 bridgehead atoms. The first-order chi connectivity index (χ1) is 38.7. The number of hydrogen-bond donors (Lipinski definition) is 0. The number of rotatable bonds is 0. The van der Waals surface area contributed by atoms with Gasteiger partial charge in [-0.15, -0.1) is 0 Å². The van der Waals surface area contributed by atoms with Crippen LogP contribution in [0.5, 0.6) is 17.2 Å². The van der Waals surface area contributed by atoms with Crippen molar-refractivity contribution in [3.8, 4) is 17.2 Å². The van der Waals surface area contributed by atoms with Crippen LogP contribution in [0.25, 0.3) is 22.1 Å². The molecule has 78 heavy (non-hydrogen) atoms. The number of aryl methyl sites for hydroxylation is 2. The lowest BCUT2D eigenvalue weighted by atomic mass is 10.1. The largest absolute Gasteiger partial charge is 0.493 e. The Balaban J connectivity index is 0.000000438.